The van der Waals surface area contributed by atoms with E-state index in [0.717, 1.165) is 19.3 Å². The molecular formula is C14H20N2O3. The molecule has 1 saturated carbocycles. The predicted octanol–water partition coefficient (Wildman–Crippen LogP) is 1.79. The average molecular weight is 264 g/mol. The molecule has 1 aromatic rings. The van der Waals surface area contributed by atoms with Gasteiger partial charge >= 0.3 is 5.97 Å². The Morgan fingerprint density at radius 2 is 2.05 bits per heavy atom. The number of rotatable bonds is 4. The van der Waals surface area contributed by atoms with Crippen LogP contribution in [0.2, 0.25) is 0 Å². The Labute approximate surface area is 112 Å². The van der Waals surface area contributed by atoms with Crippen LogP contribution in [0.3, 0.4) is 0 Å². The molecular weight excluding hydrogens is 244 g/mol. The van der Waals surface area contributed by atoms with E-state index in [1.165, 1.54) is 0 Å². The third-order valence-electron chi connectivity index (χ3n) is 4.03. The molecule has 0 unspecified atom stereocenters. The zero-order chi connectivity index (χ0) is 13.9. The van der Waals surface area contributed by atoms with E-state index in [0.29, 0.717) is 18.5 Å². The molecule has 0 aromatic carbocycles. The van der Waals surface area contributed by atoms with Gasteiger partial charge in [0.15, 0.2) is 0 Å². The van der Waals surface area contributed by atoms with Crippen LogP contribution in [0.15, 0.2) is 18.3 Å². The Morgan fingerprint density at radius 1 is 1.37 bits per heavy atom. The lowest BCUT2D eigenvalue weighted by Gasteiger charge is -2.33. The minimum Gasteiger partial charge on any atom is -0.481 e. The quantitative estimate of drug-likeness (QED) is 0.871. The first kappa shape index (κ1) is 13.6. The molecule has 0 atom stereocenters. The molecule has 1 aliphatic carbocycles. The number of aryl methyl sites for hydroxylation is 1. The fourth-order valence-corrected chi connectivity index (χ4v) is 2.73. The summed E-state index contributed by atoms with van der Waals surface area (Å²) in [4.78, 5) is 23.5. The maximum absolute atomic E-state index is 12.0. The van der Waals surface area contributed by atoms with E-state index in [1.54, 1.807) is 29.9 Å². The van der Waals surface area contributed by atoms with Crippen LogP contribution in [0.4, 0.5) is 0 Å². The zero-order valence-corrected chi connectivity index (χ0v) is 11.2. The Morgan fingerprint density at radius 3 is 2.58 bits per heavy atom. The Balaban J connectivity index is 2.02. The largest absolute Gasteiger partial charge is 0.481 e. The summed E-state index contributed by atoms with van der Waals surface area (Å²) in [7, 11) is 1.79. The average Bonchev–Trinajstić information content (AvgIpc) is 2.83. The van der Waals surface area contributed by atoms with Crippen molar-refractivity contribution >= 4 is 11.9 Å². The SMILES string of the molecule is Cn1cccc1C(=O)NCC1(C(=O)O)CCCCC1. The number of aliphatic carboxylic acids is 1. The van der Waals surface area contributed by atoms with E-state index in [2.05, 4.69) is 5.32 Å². The molecule has 1 aliphatic rings. The van der Waals surface area contributed by atoms with Gasteiger partial charge in [-0.05, 0) is 25.0 Å². The van der Waals surface area contributed by atoms with Crippen LogP contribution in [0.25, 0.3) is 0 Å². The lowest BCUT2D eigenvalue weighted by Crippen LogP contribution is -2.44. The van der Waals surface area contributed by atoms with Gasteiger partial charge in [-0.3, -0.25) is 9.59 Å². The summed E-state index contributed by atoms with van der Waals surface area (Å²) in [5.41, 5.74) is -0.227. The molecule has 0 radical (unpaired) electrons. The molecule has 2 N–H and O–H groups in total. The molecule has 5 heteroatoms. The molecule has 0 saturated heterocycles. The highest BCUT2D eigenvalue weighted by molar-refractivity contribution is 5.93. The van der Waals surface area contributed by atoms with Crippen molar-refractivity contribution in [2.75, 3.05) is 6.54 Å². The number of nitrogens with one attached hydrogen (secondary N) is 1. The number of carbonyl (C=O) groups excluding carboxylic acids is 1. The fraction of sp³-hybridized carbons (Fsp3) is 0.571. The molecule has 1 heterocycles. The standard InChI is InChI=1S/C14H20N2O3/c1-16-9-5-6-11(16)12(17)15-10-14(13(18)19)7-3-2-4-8-14/h5-6,9H,2-4,7-8,10H2,1H3,(H,15,17)(H,18,19). The Kier molecular flexibility index (Phi) is 3.93. The van der Waals surface area contributed by atoms with E-state index in [1.807, 2.05) is 0 Å². The Bertz CT molecular complexity index is 473. The summed E-state index contributed by atoms with van der Waals surface area (Å²) in [5.74, 6) is -1.00. The second-order valence-corrected chi connectivity index (χ2v) is 5.33. The minimum atomic E-state index is -0.792. The molecule has 0 aliphatic heterocycles. The van der Waals surface area contributed by atoms with E-state index >= 15 is 0 Å². The van der Waals surface area contributed by atoms with E-state index < -0.39 is 11.4 Å². The number of hydrogen-bond acceptors (Lipinski definition) is 2. The first-order valence-electron chi connectivity index (χ1n) is 6.68. The normalized spacial score (nSPS) is 17.9. The maximum atomic E-state index is 12.0. The van der Waals surface area contributed by atoms with Crippen molar-refractivity contribution in [2.45, 2.75) is 32.1 Å². The van der Waals surface area contributed by atoms with Crippen LogP contribution in [-0.2, 0) is 11.8 Å². The van der Waals surface area contributed by atoms with Gasteiger partial charge in [0.2, 0.25) is 0 Å². The molecule has 0 bridgehead atoms. The van der Waals surface area contributed by atoms with Crippen LogP contribution in [0.5, 0.6) is 0 Å². The third kappa shape index (κ3) is 2.80. The molecule has 1 amide bonds. The van der Waals surface area contributed by atoms with E-state index in [9.17, 15) is 14.7 Å². The number of aromatic nitrogens is 1. The third-order valence-corrected chi connectivity index (χ3v) is 4.03. The van der Waals surface area contributed by atoms with Gasteiger partial charge in [-0.15, -0.1) is 0 Å². The summed E-state index contributed by atoms with van der Waals surface area (Å²) < 4.78 is 1.73. The van der Waals surface area contributed by atoms with Crippen LogP contribution in [0.1, 0.15) is 42.6 Å². The van der Waals surface area contributed by atoms with Gasteiger partial charge in [-0.1, -0.05) is 19.3 Å². The summed E-state index contributed by atoms with van der Waals surface area (Å²) in [6.45, 7) is 0.215. The molecule has 1 aromatic heterocycles. The van der Waals surface area contributed by atoms with Crippen LogP contribution < -0.4 is 5.32 Å². The number of nitrogens with zero attached hydrogens (tertiary/aromatic N) is 1. The number of carbonyl (C=O) groups is 2. The van der Waals surface area contributed by atoms with Gasteiger partial charge in [0.1, 0.15) is 5.69 Å². The Hall–Kier alpha value is -1.78. The highest BCUT2D eigenvalue weighted by Gasteiger charge is 2.39. The summed E-state index contributed by atoms with van der Waals surface area (Å²) in [5, 5.41) is 12.2. The van der Waals surface area contributed by atoms with Crippen molar-refractivity contribution in [1.82, 2.24) is 9.88 Å². The van der Waals surface area contributed by atoms with Crippen molar-refractivity contribution in [3.63, 3.8) is 0 Å². The molecule has 1 fully saturated rings. The second kappa shape index (κ2) is 5.47. The van der Waals surface area contributed by atoms with Crippen LogP contribution in [0, 0.1) is 5.41 Å². The van der Waals surface area contributed by atoms with Gasteiger partial charge in [-0.25, -0.2) is 0 Å². The first-order valence-corrected chi connectivity index (χ1v) is 6.68. The number of carboxylic acids is 1. The van der Waals surface area contributed by atoms with Gasteiger partial charge in [0.25, 0.3) is 5.91 Å². The molecule has 104 valence electrons. The summed E-state index contributed by atoms with van der Waals surface area (Å²) >= 11 is 0. The summed E-state index contributed by atoms with van der Waals surface area (Å²) in [6.07, 6.45) is 6.02. The fourth-order valence-electron chi connectivity index (χ4n) is 2.73. The highest BCUT2D eigenvalue weighted by atomic mass is 16.4. The number of hydrogen-bond donors (Lipinski definition) is 2. The lowest BCUT2D eigenvalue weighted by atomic mass is 9.74. The number of carboxylic acid groups (broad SMARTS) is 1. The van der Waals surface area contributed by atoms with Crippen molar-refractivity contribution < 1.29 is 14.7 Å². The van der Waals surface area contributed by atoms with Crippen molar-refractivity contribution in [3.05, 3.63) is 24.0 Å². The van der Waals surface area contributed by atoms with Crippen LogP contribution in [-0.4, -0.2) is 28.1 Å². The molecule has 5 nitrogen and oxygen atoms in total. The smallest absolute Gasteiger partial charge is 0.311 e. The van der Waals surface area contributed by atoms with Crippen molar-refractivity contribution in [1.29, 1.82) is 0 Å². The molecule has 2 rings (SSSR count). The van der Waals surface area contributed by atoms with E-state index in [4.69, 9.17) is 0 Å². The van der Waals surface area contributed by atoms with Gasteiger partial charge in [0, 0.05) is 19.8 Å². The monoisotopic (exact) mass is 264 g/mol. The first-order chi connectivity index (χ1) is 9.05. The molecule has 0 spiro atoms. The second-order valence-electron chi connectivity index (χ2n) is 5.33. The van der Waals surface area contributed by atoms with Gasteiger partial charge in [-0.2, -0.15) is 0 Å². The zero-order valence-electron chi connectivity index (χ0n) is 11.2. The molecule has 19 heavy (non-hydrogen) atoms. The van der Waals surface area contributed by atoms with Gasteiger partial charge < -0.3 is 15.0 Å². The van der Waals surface area contributed by atoms with Gasteiger partial charge in [0.05, 0.1) is 5.41 Å². The van der Waals surface area contributed by atoms with Crippen LogP contribution >= 0.6 is 0 Å². The number of amides is 1. The predicted molar refractivity (Wildman–Crippen MR) is 70.9 cm³/mol. The van der Waals surface area contributed by atoms with Crippen molar-refractivity contribution in [2.24, 2.45) is 12.5 Å². The lowest BCUT2D eigenvalue weighted by molar-refractivity contribution is -0.150. The topological polar surface area (TPSA) is 71.3 Å². The van der Waals surface area contributed by atoms with Crippen molar-refractivity contribution in [3.8, 4) is 0 Å². The highest BCUT2D eigenvalue weighted by Crippen LogP contribution is 2.36. The maximum Gasteiger partial charge on any atom is 0.311 e. The summed E-state index contributed by atoms with van der Waals surface area (Å²) in [6, 6.07) is 3.52. The minimum absolute atomic E-state index is 0.210. The van der Waals surface area contributed by atoms with E-state index in [-0.39, 0.29) is 12.5 Å².